The molecule has 2 heterocycles. The molecule has 0 aliphatic heterocycles. The number of hydrogen-bond donors (Lipinski definition) is 2. The number of nitrogens with two attached hydrogens (primary N) is 1. The second-order valence-electron chi connectivity index (χ2n) is 3.91. The Balaban J connectivity index is 2.36. The summed E-state index contributed by atoms with van der Waals surface area (Å²) in [4.78, 5) is 3.98. The molecule has 5 nitrogen and oxygen atoms in total. The molecule has 0 aromatic carbocycles. The van der Waals surface area contributed by atoms with Gasteiger partial charge in [-0.2, -0.15) is 5.10 Å². The largest absolute Gasteiger partial charge is 0.396 e. The highest BCUT2D eigenvalue weighted by molar-refractivity contribution is 6.37. The molecule has 0 saturated carbocycles. The summed E-state index contributed by atoms with van der Waals surface area (Å²) in [6, 6.07) is 2.08. The Labute approximate surface area is 94.7 Å². The van der Waals surface area contributed by atoms with Gasteiger partial charge in [0.2, 0.25) is 0 Å². The number of aliphatic hydroxyl groups excluding tert-OH is 1. The van der Waals surface area contributed by atoms with Gasteiger partial charge in [0.05, 0.1) is 0 Å². The van der Waals surface area contributed by atoms with Crippen molar-refractivity contribution in [3.63, 3.8) is 0 Å². The molecule has 0 radical (unpaired) electrons. The topological polar surface area (TPSA) is 76.4 Å². The predicted octanol–water partition coefficient (Wildman–Crippen LogP) is -1.12. The van der Waals surface area contributed by atoms with E-state index in [1.807, 2.05) is 12.4 Å². The van der Waals surface area contributed by atoms with Crippen LogP contribution in [0.4, 0.5) is 5.82 Å². The lowest BCUT2D eigenvalue weighted by Gasteiger charge is -2.02. The first kappa shape index (κ1) is 10.9. The summed E-state index contributed by atoms with van der Waals surface area (Å²) in [6.07, 6.45) is 4.13. The number of aryl methyl sites for hydroxylation is 1. The zero-order chi connectivity index (χ0) is 11.5. The van der Waals surface area contributed by atoms with E-state index in [4.69, 9.17) is 10.8 Å². The van der Waals surface area contributed by atoms with Crippen LogP contribution >= 0.6 is 0 Å². The number of aliphatic hydroxyl groups is 1. The maximum Gasteiger partial charge on any atom is 0.150 e. The third-order valence-electron chi connectivity index (χ3n) is 2.69. The molecule has 2 rings (SSSR count). The first-order valence-electron chi connectivity index (χ1n) is 5.42. The molecule has 0 atom stereocenters. The Morgan fingerprint density at radius 3 is 3.00 bits per heavy atom. The van der Waals surface area contributed by atoms with E-state index in [2.05, 4.69) is 16.1 Å². The third kappa shape index (κ3) is 1.88. The van der Waals surface area contributed by atoms with Gasteiger partial charge in [0.1, 0.15) is 19.7 Å². The van der Waals surface area contributed by atoms with Crippen molar-refractivity contribution in [2.24, 2.45) is 0 Å². The highest BCUT2D eigenvalue weighted by Crippen LogP contribution is 2.12. The lowest BCUT2D eigenvalue weighted by atomic mass is 9.97. The minimum Gasteiger partial charge on any atom is -0.396 e. The van der Waals surface area contributed by atoms with Crippen molar-refractivity contribution in [2.75, 3.05) is 12.3 Å². The zero-order valence-electron chi connectivity index (χ0n) is 9.35. The quantitative estimate of drug-likeness (QED) is 0.503. The van der Waals surface area contributed by atoms with E-state index in [0.29, 0.717) is 5.82 Å². The molecule has 0 saturated heterocycles. The molecule has 84 valence electrons. The monoisotopic (exact) mass is 218 g/mol. The van der Waals surface area contributed by atoms with Crippen molar-refractivity contribution < 1.29 is 5.11 Å². The summed E-state index contributed by atoms with van der Waals surface area (Å²) >= 11 is 0. The van der Waals surface area contributed by atoms with Crippen LogP contribution in [0.25, 0.3) is 5.52 Å². The molecule has 3 N–H and O–H groups in total. The second-order valence-corrected chi connectivity index (χ2v) is 3.91. The summed E-state index contributed by atoms with van der Waals surface area (Å²) in [7, 11) is 2.00. The average molecular weight is 218 g/mol. The van der Waals surface area contributed by atoms with Crippen LogP contribution in [0.2, 0.25) is 0 Å². The summed E-state index contributed by atoms with van der Waals surface area (Å²) in [5.74, 6) is 0.515. The van der Waals surface area contributed by atoms with Crippen LogP contribution in [0.3, 0.4) is 0 Å². The molecule has 0 amide bonds. The first-order valence-corrected chi connectivity index (χ1v) is 5.42. The average Bonchev–Trinajstić information content (AvgIpc) is 2.58. The van der Waals surface area contributed by atoms with Crippen molar-refractivity contribution >= 4 is 24.6 Å². The number of anilines is 1. The fourth-order valence-electron chi connectivity index (χ4n) is 1.93. The van der Waals surface area contributed by atoms with E-state index < -0.39 is 0 Å². The Bertz CT molecular complexity index is 497. The van der Waals surface area contributed by atoms with E-state index >= 15 is 0 Å². The van der Waals surface area contributed by atoms with Crippen LogP contribution in [0.1, 0.15) is 18.5 Å². The summed E-state index contributed by atoms with van der Waals surface area (Å²) < 4.78 is 1.84. The fourth-order valence-corrected chi connectivity index (χ4v) is 1.93. The Hall–Kier alpha value is -1.56. The number of hydrogen-bond acceptors (Lipinski definition) is 4. The molecule has 0 spiro atoms. The van der Waals surface area contributed by atoms with Crippen LogP contribution in [0, 0.1) is 0 Å². The lowest BCUT2D eigenvalue weighted by molar-refractivity contribution is 0.284. The number of nitrogen functional groups attached to an aromatic ring is 1. The molecule has 0 bridgehead atoms. The Kier molecular flexibility index (Phi) is 3.10. The van der Waals surface area contributed by atoms with Crippen molar-refractivity contribution in [3.8, 4) is 0 Å². The smallest absolute Gasteiger partial charge is 0.150 e. The summed E-state index contributed by atoms with van der Waals surface area (Å²) in [5, 5.41) is 13.0. The summed E-state index contributed by atoms with van der Waals surface area (Å²) in [5.41, 5.74) is 8.92. The lowest BCUT2D eigenvalue weighted by Crippen LogP contribution is -2.07. The van der Waals surface area contributed by atoms with E-state index in [1.165, 1.54) is 6.33 Å². The molecule has 0 unspecified atom stereocenters. The van der Waals surface area contributed by atoms with E-state index in [-0.39, 0.29) is 6.61 Å². The molecule has 16 heavy (non-hydrogen) atoms. The molecular formula is C10H15BN4O. The number of aromatic nitrogens is 3. The van der Waals surface area contributed by atoms with Crippen LogP contribution in [0.5, 0.6) is 0 Å². The standard InChI is InChI=1S/C10H15BN4O/c11-8-5-7(3-1-2-4-16)15-9(8)10(12)13-6-14-15/h5-6,16H,1-4,11H2,(H2,12,13,14). The second kappa shape index (κ2) is 4.53. The number of fused-ring (bicyclic) bond motifs is 1. The van der Waals surface area contributed by atoms with Crippen molar-refractivity contribution in [1.29, 1.82) is 0 Å². The normalized spacial score (nSPS) is 11.1. The maximum absolute atomic E-state index is 8.75. The van der Waals surface area contributed by atoms with E-state index in [1.54, 1.807) is 0 Å². The summed E-state index contributed by atoms with van der Waals surface area (Å²) in [6.45, 7) is 0.236. The fraction of sp³-hybridized carbons (Fsp3) is 0.400. The van der Waals surface area contributed by atoms with Gasteiger partial charge in [-0.15, -0.1) is 0 Å². The number of rotatable bonds is 4. The van der Waals surface area contributed by atoms with Crippen LogP contribution in [0.15, 0.2) is 12.4 Å². The molecule has 0 aliphatic rings. The number of unbranched alkanes of at least 4 members (excludes halogenated alkanes) is 1. The van der Waals surface area contributed by atoms with Gasteiger partial charge in [-0.1, -0.05) is 5.46 Å². The highest BCUT2D eigenvalue weighted by Gasteiger charge is 2.09. The molecule has 2 aromatic heterocycles. The van der Waals surface area contributed by atoms with Crippen LogP contribution in [-0.2, 0) is 6.42 Å². The van der Waals surface area contributed by atoms with Gasteiger partial charge in [-0.05, 0) is 25.3 Å². The van der Waals surface area contributed by atoms with Gasteiger partial charge in [0.25, 0.3) is 0 Å². The van der Waals surface area contributed by atoms with Gasteiger partial charge < -0.3 is 10.8 Å². The number of nitrogens with zero attached hydrogens (tertiary/aromatic N) is 3. The molecule has 6 heteroatoms. The van der Waals surface area contributed by atoms with Crippen molar-refractivity contribution in [1.82, 2.24) is 14.6 Å². The van der Waals surface area contributed by atoms with Gasteiger partial charge in [-0.25, -0.2) is 9.50 Å². The van der Waals surface area contributed by atoms with Crippen molar-refractivity contribution in [2.45, 2.75) is 19.3 Å². The van der Waals surface area contributed by atoms with E-state index in [0.717, 1.165) is 35.9 Å². The van der Waals surface area contributed by atoms with E-state index in [9.17, 15) is 0 Å². The third-order valence-corrected chi connectivity index (χ3v) is 2.69. The SMILES string of the molecule is Bc1cc(CCCCO)n2ncnc(N)c12. The Morgan fingerprint density at radius 2 is 2.25 bits per heavy atom. The van der Waals surface area contributed by atoms with Gasteiger partial charge in [0, 0.05) is 12.3 Å². The zero-order valence-corrected chi connectivity index (χ0v) is 9.35. The predicted molar refractivity (Wildman–Crippen MR) is 65.6 cm³/mol. The van der Waals surface area contributed by atoms with Crippen LogP contribution in [-0.4, -0.2) is 34.2 Å². The first-order chi connectivity index (χ1) is 7.74. The minimum absolute atomic E-state index is 0.236. The van der Waals surface area contributed by atoms with Crippen molar-refractivity contribution in [3.05, 3.63) is 18.1 Å². The Morgan fingerprint density at radius 1 is 1.44 bits per heavy atom. The molecule has 0 aliphatic carbocycles. The van der Waals surface area contributed by atoms with Gasteiger partial charge >= 0.3 is 0 Å². The van der Waals surface area contributed by atoms with Gasteiger partial charge in [-0.3, -0.25) is 0 Å². The van der Waals surface area contributed by atoms with Gasteiger partial charge in [0.15, 0.2) is 5.82 Å². The minimum atomic E-state index is 0.236. The highest BCUT2D eigenvalue weighted by atomic mass is 16.2. The molecule has 0 fully saturated rings. The molecular weight excluding hydrogens is 203 g/mol. The van der Waals surface area contributed by atoms with Crippen LogP contribution < -0.4 is 11.2 Å². The molecule has 2 aromatic rings. The maximum atomic E-state index is 8.75.